The number of hydrogen-bond acceptors (Lipinski definition) is 7. The van der Waals surface area contributed by atoms with Crippen molar-refractivity contribution in [3.63, 3.8) is 0 Å². The summed E-state index contributed by atoms with van der Waals surface area (Å²) in [6, 6.07) is 3.85. The number of amides is 1. The molecular formula is C18H19ClN2O7S. The molecule has 0 aliphatic heterocycles. The van der Waals surface area contributed by atoms with Crippen LogP contribution in [0.15, 0.2) is 23.1 Å². The van der Waals surface area contributed by atoms with Gasteiger partial charge in [-0.1, -0.05) is 11.6 Å². The van der Waals surface area contributed by atoms with Crippen molar-refractivity contribution in [2.45, 2.75) is 18.7 Å². The Morgan fingerprint density at radius 3 is 2.41 bits per heavy atom. The van der Waals surface area contributed by atoms with Gasteiger partial charge in [0.25, 0.3) is 5.91 Å². The molecule has 0 aliphatic carbocycles. The quantitative estimate of drug-likeness (QED) is 0.656. The fourth-order valence-corrected chi connectivity index (χ4v) is 3.39. The number of anilines is 1. The van der Waals surface area contributed by atoms with Crippen LogP contribution >= 0.6 is 11.6 Å². The minimum atomic E-state index is -3.49. The maximum atomic E-state index is 12.3. The third kappa shape index (κ3) is 5.15. The molecule has 0 bridgehead atoms. The Hall–Kier alpha value is -2.85. The van der Waals surface area contributed by atoms with E-state index in [0.717, 1.165) is 6.26 Å². The highest BCUT2D eigenvalue weighted by Crippen LogP contribution is 2.25. The van der Waals surface area contributed by atoms with Crippen molar-refractivity contribution in [3.05, 3.63) is 45.7 Å². The van der Waals surface area contributed by atoms with Crippen molar-refractivity contribution in [1.29, 1.82) is 0 Å². The summed E-state index contributed by atoms with van der Waals surface area (Å²) in [4.78, 5) is 38.8. The molecule has 0 radical (unpaired) electrons. The number of benzene rings is 1. The molecule has 9 nitrogen and oxygen atoms in total. The number of hydrogen-bond donors (Lipinski definition) is 2. The molecule has 1 aromatic carbocycles. The van der Waals surface area contributed by atoms with Crippen LogP contribution < -0.4 is 5.32 Å². The number of methoxy groups -OCH3 is 1. The Kier molecular flexibility index (Phi) is 6.70. The molecule has 11 heteroatoms. The minimum Gasteiger partial charge on any atom is -0.465 e. The third-order valence-corrected chi connectivity index (χ3v) is 5.45. The molecule has 1 heterocycles. The van der Waals surface area contributed by atoms with Gasteiger partial charge in [0.05, 0.1) is 28.3 Å². The van der Waals surface area contributed by atoms with Gasteiger partial charge >= 0.3 is 11.9 Å². The van der Waals surface area contributed by atoms with Crippen LogP contribution in [0.5, 0.6) is 0 Å². The molecule has 1 amide bonds. The summed E-state index contributed by atoms with van der Waals surface area (Å²) in [6.07, 6.45) is 1.02. The van der Waals surface area contributed by atoms with Crippen molar-refractivity contribution in [3.8, 4) is 0 Å². The van der Waals surface area contributed by atoms with E-state index in [0.29, 0.717) is 11.3 Å². The number of rotatable bonds is 6. The van der Waals surface area contributed by atoms with Crippen LogP contribution in [-0.2, 0) is 24.1 Å². The lowest BCUT2D eigenvalue weighted by atomic mass is 10.1. The van der Waals surface area contributed by atoms with Gasteiger partial charge in [-0.2, -0.15) is 0 Å². The van der Waals surface area contributed by atoms with E-state index < -0.39 is 34.3 Å². The monoisotopic (exact) mass is 442 g/mol. The second-order valence-corrected chi connectivity index (χ2v) is 8.58. The molecule has 0 spiro atoms. The number of carbonyl (C=O) groups excluding carboxylic acids is 3. The highest BCUT2D eigenvalue weighted by molar-refractivity contribution is 7.90. The van der Waals surface area contributed by atoms with Gasteiger partial charge in [0.2, 0.25) is 0 Å². The van der Waals surface area contributed by atoms with E-state index in [1.165, 1.54) is 25.3 Å². The van der Waals surface area contributed by atoms with Crippen molar-refractivity contribution in [2.24, 2.45) is 0 Å². The van der Waals surface area contributed by atoms with Crippen molar-refractivity contribution in [2.75, 3.05) is 25.3 Å². The summed E-state index contributed by atoms with van der Waals surface area (Å²) in [5, 5.41) is 2.51. The van der Waals surface area contributed by atoms with Gasteiger partial charge in [-0.25, -0.2) is 18.0 Å². The number of aromatic amines is 1. The zero-order valence-corrected chi connectivity index (χ0v) is 17.7. The number of sulfone groups is 1. The molecule has 0 saturated carbocycles. The second kappa shape index (κ2) is 8.66. The molecule has 2 rings (SSSR count). The standard InChI is InChI=1S/C18H19ClN2O7S/c1-9-15(17(23)27-3)10(2)20-16(9)18(24)28-8-14(22)21-13-7-11(29(4,25)26)5-6-12(13)19/h5-7,20H,8H2,1-4H3,(H,21,22). The number of halogens is 1. The molecule has 0 unspecified atom stereocenters. The summed E-state index contributed by atoms with van der Waals surface area (Å²) in [5.41, 5.74) is 1.07. The number of nitrogens with one attached hydrogen (secondary N) is 2. The van der Waals surface area contributed by atoms with Crippen LogP contribution in [-0.4, -0.2) is 51.2 Å². The Labute approximate surface area is 172 Å². The molecule has 2 aromatic rings. The summed E-state index contributed by atoms with van der Waals surface area (Å²) >= 11 is 5.97. The predicted molar refractivity (Wildman–Crippen MR) is 105 cm³/mol. The highest BCUT2D eigenvalue weighted by Gasteiger charge is 2.24. The first kappa shape index (κ1) is 22.4. The lowest BCUT2D eigenvalue weighted by Gasteiger charge is -2.09. The van der Waals surface area contributed by atoms with E-state index in [1.807, 2.05) is 0 Å². The first-order chi connectivity index (χ1) is 13.5. The van der Waals surface area contributed by atoms with Gasteiger partial charge in [0.1, 0.15) is 5.69 Å². The molecule has 0 saturated heterocycles. The summed E-state index contributed by atoms with van der Waals surface area (Å²) in [6.45, 7) is 2.49. The fourth-order valence-electron chi connectivity index (χ4n) is 2.58. The van der Waals surface area contributed by atoms with Crippen molar-refractivity contribution in [1.82, 2.24) is 4.98 Å². The average Bonchev–Trinajstić information content (AvgIpc) is 2.94. The summed E-state index contributed by atoms with van der Waals surface area (Å²) in [7, 11) is -2.27. The Morgan fingerprint density at radius 1 is 1.17 bits per heavy atom. The van der Waals surface area contributed by atoms with Gasteiger partial charge in [0.15, 0.2) is 16.4 Å². The lowest BCUT2D eigenvalue weighted by Crippen LogP contribution is -2.21. The van der Waals surface area contributed by atoms with Crippen LogP contribution in [0.25, 0.3) is 0 Å². The van der Waals surface area contributed by atoms with Crippen LogP contribution in [0.3, 0.4) is 0 Å². The van der Waals surface area contributed by atoms with Gasteiger partial charge < -0.3 is 19.8 Å². The number of aryl methyl sites for hydroxylation is 1. The summed E-state index contributed by atoms with van der Waals surface area (Å²) < 4.78 is 32.9. The third-order valence-electron chi connectivity index (χ3n) is 4.01. The highest BCUT2D eigenvalue weighted by atomic mass is 35.5. The van der Waals surface area contributed by atoms with Crippen LogP contribution in [0.4, 0.5) is 5.69 Å². The molecular weight excluding hydrogens is 424 g/mol. The number of H-pyrrole nitrogens is 1. The van der Waals surface area contributed by atoms with E-state index in [4.69, 9.17) is 16.3 Å². The van der Waals surface area contributed by atoms with Crippen LogP contribution in [0.2, 0.25) is 5.02 Å². The number of ether oxygens (including phenoxy) is 2. The van der Waals surface area contributed by atoms with Gasteiger partial charge in [-0.05, 0) is 37.6 Å². The smallest absolute Gasteiger partial charge is 0.355 e. The molecule has 0 aliphatic rings. The van der Waals surface area contributed by atoms with E-state index in [-0.39, 0.29) is 26.9 Å². The number of esters is 2. The predicted octanol–water partition coefficient (Wildman–Crippen LogP) is 2.27. The molecule has 0 fully saturated rings. The van der Waals surface area contributed by atoms with Gasteiger partial charge in [-0.3, -0.25) is 4.79 Å². The second-order valence-electron chi connectivity index (χ2n) is 6.15. The van der Waals surface area contributed by atoms with Crippen LogP contribution in [0, 0.1) is 13.8 Å². The summed E-state index contributed by atoms with van der Waals surface area (Å²) in [5.74, 6) is -2.17. The number of aromatic nitrogens is 1. The molecule has 29 heavy (non-hydrogen) atoms. The van der Waals surface area contributed by atoms with Crippen molar-refractivity contribution < 1.29 is 32.3 Å². The average molecular weight is 443 g/mol. The van der Waals surface area contributed by atoms with E-state index in [2.05, 4.69) is 15.0 Å². The molecule has 2 N–H and O–H groups in total. The van der Waals surface area contributed by atoms with Gasteiger partial charge in [-0.15, -0.1) is 0 Å². The Bertz CT molecular complexity index is 1090. The van der Waals surface area contributed by atoms with E-state index in [9.17, 15) is 22.8 Å². The molecule has 0 atom stereocenters. The SMILES string of the molecule is COC(=O)c1c(C)[nH]c(C(=O)OCC(=O)Nc2cc(S(C)(=O)=O)ccc2Cl)c1C. The first-order valence-corrected chi connectivity index (χ1v) is 10.5. The Balaban J connectivity index is 2.09. The zero-order valence-electron chi connectivity index (χ0n) is 16.1. The Morgan fingerprint density at radius 2 is 1.83 bits per heavy atom. The minimum absolute atomic E-state index is 0.0211. The first-order valence-electron chi connectivity index (χ1n) is 8.19. The van der Waals surface area contributed by atoms with Gasteiger partial charge in [0, 0.05) is 11.9 Å². The fraction of sp³-hybridized carbons (Fsp3) is 0.278. The molecule has 1 aromatic heterocycles. The zero-order chi connectivity index (χ0) is 21.9. The van der Waals surface area contributed by atoms with E-state index >= 15 is 0 Å². The normalized spacial score (nSPS) is 11.1. The molecule has 156 valence electrons. The maximum absolute atomic E-state index is 12.3. The largest absolute Gasteiger partial charge is 0.465 e. The number of carbonyl (C=O) groups is 3. The maximum Gasteiger partial charge on any atom is 0.355 e. The van der Waals surface area contributed by atoms with E-state index in [1.54, 1.807) is 13.8 Å². The lowest BCUT2D eigenvalue weighted by molar-refractivity contribution is -0.119. The topological polar surface area (TPSA) is 132 Å². The van der Waals surface area contributed by atoms with Crippen molar-refractivity contribution >= 4 is 45.0 Å². The van der Waals surface area contributed by atoms with Crippen LogP contribution in [0.1, 0.15) is 32.1 Å².